The Morgan fingerprint density at radius 1 is 0.750 bits per heavy atom. The van der Waals surface area contributed by atoms with Crippen molar-refractivity contribution in [2.75, 3.05) is 0 Å². The largest absolute Gasteiger partial charge is 0.269 e. The molecule has 0 radical (unpaired) electrons. The summed E-state index contributed by atoms with van der Waals surface area (Å²) in [5, 5.41) is 0. The van der Waals surface area contributed by atoms with Gasteiger partial charge in [-0.3, -0.25) is 9.41 Å². The standard InChI is InChI=1S/C2H2.2FH/c1-2;;/h1-2H;2*1H. The van der Waals surface area contributed by atoms with Crippen LogP contribution in [-0.2, 0) is 0 Å². The molecule has 0 saturated heterocycles. The molecular formula is C2H4F2. The minimum absolute atomic E-state index is 0. The van der Waals surface area contributed by atoms with Gasteiger partial charge in [-0.25, -0.2) is 0 Å². The van der Waals surface area contributed by atoms with E-state index in [0.29, 0.717) is 0 Å². The highest BCUT2D eigenvalue weighted by molar-refractivity contribution is 4.47. The van der Waals surface area contributed by atoms with Gasteiger partial charge in [0, 0.05) is 0 Å². The lowest BCUT2D eigenvalue weighted by Gasteiger charge is -0.701. The Balaban J connectivity index is -0.00000000500. The Morgan fingerprint density at radius 3 is 0.750 bits per heavy atom. The molecule has 0 rings (SSSR count). The maximum Gasteiger partial charge on any atom is -0.124 e. The molecule has 2 heteroatoms. The van der Waals surface area contributed by atoms with Crippen molar-refractivity contribution in [2.45, 2.75) is 0 Å². The van der Waals surface area contributed by atoms with E-state index < -0.39 is 0 Å². The van der Waals surface area contributed by atoms with Crippen LogP contribution in [0.4, 0.5) is 9.41 Å². The summed E-state index contributed by atoms with van der Waals surface area (Å²) in [5.41, 5.74) is 0. The molecule has 0 aliphatic rings. The van der Waals surface area contributed by atoms with E-state index in [4.69, 9.17) is 0 Å². The third-order valence-corrected chi connectivity index (χ3v) is 0. The molecule has 0 atom stereocenters. The summed E-state index contributed by atoms with van der Waals surface area (Å²) in [5.74, 6) is 0. The molecular weight excluding hydrogens is 62.0 g/mol. The molecule has 0 spiro atoms. The average Bonchev–Trinajstić information content (AvgIpc) is 1.00. The van der Waals surface area contributed by atoms with E-state index in [0.717, 1.165) is 0 Å². The summed E-state index contributed by atoms with van der Waals surface area (Å²) in [7, 11) is 0. The van der Waals surface area contributed by atoms with Gasteiger partial charge in [-0.2, -0.15) is 0 Å². The van der Waals surface area contributed by atoms with Gasteiger partial charge >= 0.3 is 0 Å². The Morgan fingerprint density at radius 2 is 0.750 bits per heavy atom. The third kappa shape index (κ3) is 0.745. The van der Waals surface area contributed by atoms with E-state index in [-0.39, 0.29) is 9.41 Å². The highest BCUT2D eigenvalue weighted by Crippen LogP contribution is 0.579. The molecule has 0 bridgehead atoms. The van der Waals surface area contributed by atoms with Gasteiger partial charge in [0.1, 0.15) is 0 Å². The molecule has 0 aromatic heterocycles. The van der Waals surface area contributed by atoms with Crippen LogP contribution in [0.3, 0.4) is 0 Å². The van der Waals surface area contributed by atoms with Crippen LogP contribution in [0, 0.1) is 12.8 Å². The molecule has 4 heavy (non-hydrogen) atoms. The van der Waals surface area contributed by atoms with Crippen LogP contribution in [0.1, 0.15) is 0 Å². The van der Waals surface area contributed by atoms with Crippen LogP contribution >= 0.6 is 0 Å². The van der Waals surface area contributed by atoms with Crippen molar-refractivity contribution < 1.29 is 9.41 Å². The molecule has 0 aromatic rings. The van der Waals surface area contributed by atoms with Gasteiger partial charge in [-0.1, -0.05) is 0 Å². The monoisotopic (exact) mass is 66.0 g/mol. The molecule has 0 amide bonds. The first-order valence-electron chi connectivity index (χ1n) is 0.333. The topological polar surface area (TPSA) is 0 Å². The van der Waals surface area contributed by atoms with Crippen LogP contribution in [0.15, 0.2) is 0 Å². The second-order valence-electron chi connectivity index (χ2n) is 0. The van der Waals surface area contributed by atoms with Crippen LogP contribution in [0.2, 0.25) is 0 Å². The highest BCUT2D eigenvalue weighted by Gasteiger charge is 0.454. The fourth-order valence-electron chi connectivity index (χ4n) is 0. The summed E-state index contributed by atoms with van der Waals surface area (Å²) in [6.07, 6.45) is 8.00. The fourth-order valence-corrected chi connectivity index (χ4v) is 0. The van der Waals surface area contributed by atoms with E-state index in [9.17, 15) is 0 Å². The minimum Gasteiger partial charge on any atom is -0.269 e. The van der Waals surface area contributed by atoms with Gasteiger partial charge in [0.05, 0.1) is 0 Å². The van der Waals surface area contributed by atoms with E-state index in [1.54, 1.807) is 0 Å². The molecule has 0 N–H and O–H groups in total. The Hall–Kier alpha value is -0.580. The molecule has 0 fully saturated rings. The van der Waals surface area contributed by atoms with E-state index >= 15 is 0 Å². The zero-order valence-electron chi connectivity index (χ0n) is 1.97. The van der Waals surface area contributed by atoms with Crippen molar-refractivity contribution >= 4 is 0 Å². The first kappa shape index (κ1) is 114. The summed E-state index contributed by atoms with van der Waals surface area (Å²) < 4.78 is 0. The minimum atomic E-state index is 0. The first-order valence-corrected chi connectivity index (χ1v) is 0.333. The predicted octanol–water partition coefficient (Wildman–Crippen LogP) is 0.554. The molecule has 26 valence electrons. The molecule has 0 nitrogen and oxygen atoms in total. The second-order valence-corrected chi connectivity index (χ2v) is 0. The Kier molecular flexibility index (Phi) is 412. The number of halogens is 2. The molecule has 0 aliphatic heterocycles. The van der Waals surface area contributed by atoms with Gasteiger partial charge in [0.2, 0.25) is 0 Å². The lowest BCUT2D eigenvalue weighted by molar-refractivity contribution is 1.11. The van der Waals surface area contributed by atoms with E-state index in [1.165, 1.54) is 0 Å². The van der Waals surface area contributed by atoms with Gasteiger partial charge in [0.15, 0.2) is 0 Å². The maximum atomic E-state index is 4.00. The molecule has 0 aliphatic carbocycles. The molecule has 0 saturated carbocycles. The van der Waals surface area contributed by atoms with Crippen molar-refractivity contribution in [2.24, 2.45) is 0 Å². The number of hydrogen-bond acceptors (Lipinski definition) is 0. The Labute approximate surface area is 23.6 Å². The van der Waals surface area contributed by atoms with Crippen LogP contribution in [-0.4, -0.2) is 0 Å². The van der Waals surface area contributed by atoms with Gasteiger partial charge in [-0.05, 0) is 0 Å². The van der Waals surface area contributed by atoms with E-state index in [2.05, 4.69) is 12.8 Å². The van der Waals surface area contributed by atoms with E-state index in [1.807, 2.05) is 0 Å². The maximum absolute atomic E-state index is 4.00. The summed E-state index contributed by atoms with van der Waals surface area (Å²) in [6.45, 7) is 0. The van der Waals surface area contributed by atoms with Crippen LogP contribution in [0.5, 0.6) is 0 Å². The first-order chi connectivity index (χ1) is 1.00. The lowest BCUT2D eigenvalue weighted by atomic mass is 11.4. The highest BCUT2D eigenvalue weighted by atomic mass is 19.0. The molecule has 0 unspecified atom stereocenters. The van der Waals surface area contributed by atoms with Gasteiger partial charge in [-0.15, -0.1) is 12.8 Å². The van der Waals surface area contributed by atoms with Crippen molar-refractivity contribution in [1.82, 2.24) is 0 Å². The van der Waals surface area contributed by atoms with Crippen molar-refractivity contribution in [3.8, 4) is 12.8 Å². The number of terminal acetylenes is 1. The quantitative estimate of drug-likeness (QED) is 0.362. The second kappa shape index (κ2) is 14.5. The van der Waals surface area contributed by atoms with Gasteiger partial charge in [0.25, 0.3) is 0 Å². The van der Waals surface area contributed by atoms with Crippen LogP contribution in [0.25, 0.3) is 0 Å². The van der Waals surface area contributed by atoms with Crippen LogP contribution < -0.4 is 0 Å². The number of rotatable bonds is 0. The average molecular weight is 66.0 g/mol. The van der Waals surface area contributed by atoms with Crippen molar-refractivity contribution in [3.63, 3.8) is 0 Å². The smallest absolute Gasteiger partial charge is 0.124 e. The SMILES string of the molecule is C#C.F.F. The number of hydrogen-bond donors (Lipinski definition) is 0. The zero-order chi connectivity index (χ0) is 2.00. The summed E-state index contributed by atoms with van der Waals surface area (Å²) >= 11 is 0. The molecule has 0 heterocycles. The van der Waals surface area contributed by atoms with Crippen molar-refractivity contribution in [3.05, 3.63) is 0 Å². The summed E-state index contributed by atoms with van der Waals surface area (Å²) in [6, 6.07) is 0. The van der Waals surface area contributed by atoms with Crippen molar-refractivity contribution in [1.29, 1.82) is 0 Å². The fraction of sp³-hybridized carbons (Fsp3) is 0. The third-order valence-electron chi connectivity index (χ3n) is 0. The summed E-state index contributed by atoms with van der Waals surface area (Å²) in [4.78, 5) is 0. The predicted molar refractivity (Wildman–Crippen MR) is 14.9 cm³/mol. The zero-order valence-corrected chi connectivity index (χ0v) is 1.97. The lowest BCUT2D eigenvalue weighted by Crippen LogP contribution is -0.576. The normalized spacial score (nSPS) is 0.500. The Bertz CT molecular complexity index is 8.75. The molecule has 0 aromatic carbocycles. The van der Waals surface area contributed by atoms with Gasteiger partial charge < -0.3 is 0 Å².